The highest BCUT2D eigenvalue weighted by molar-refractivity contribution is 5.98. The number of anilines is 1. The molecule has 1 amide bonds. The highest BCUT2D eigenvalue weighted by atomic mass is 16.6. The second kappa shape index (κ2) is 6.46. The SMILES string of the molecule is O=C(O)[C@@H]1CCCN1C(=O)c1ccc(N2CCCC2)c([N+](=O)[O-])c1. The van der Waals surface area contributed by atoms with Crippen LogP contribution in [0.15, 0.2) is 18.2 Å². The van der Waals surface area contributed by atoms with Gasteiger partial charge in [0.2, 0.25) is 0 Å². The first-order valence-electron chi connectivity index (χ1n) is 8.06. The minimum absolute atomic E-state index is 0.103. The normalized spacial score (nSPS) is 20.4. The summed E-state index contributed by atoms with van der Waals surface area (Å²) in [6.45, 7) is 1.89. The van der Waals surface area contributed by atoms with Crippen LogP contribution in [-0.2, 0) is 4.79 Å². The van der Waals surface area contributed by atoms with Gasteiger partial charge in [-0.15, -0.1) is 0 Å². The Balaban J connectivity index is 1.91. The van der Waals surface area contributed by atoms with Crippen LogP contribution in [0.4, 0.5) is 11.4 Å². The molecule has 8 nitrogen and oxygen atoms in total. The zero-order valence-electron chi connectivity index (χ0n) is 13.2. The number of nitro benzene ring substituents is 1. The largest absolute Gasteiger partial charge is 0.480 e. The summed E-state index contributed by atoms with van der Waals surface area (Å²) in [6.07, 6.45) is 3.02. The van der Waals surface area contributed by atoms with Crippen LogP contribution in [0.2, 0.25) is 0 Å². The van der Waals surface area contributed by atoms with Gasteiger partial charge in [-0.25, -0.2) is 4.79 Å². The summed E-state index contributed by atoms with van der Waals surface area (Å²) in [6, 6.07) is 3.57. The molecule has 0 saturated carbocycles. The van der Waals surface area contributed by atoms with E-state index in [2.05, 4.69) is 0 Å². The van der Waals surface area contributed by atoms with E-state index in [1.807, 2.05) is 4.90 Å². The second-order valence-corrected chi connectivity index (χ2v) is 6.15. The van der Waals surface area contributed by atoms with E-state index in [9.17, 15) is 24.8 Å². The number of nitro groups is 1. The number of hydrogen-bond acceptors (Lipinski definition) is 5. The lowest BCUT2D eigenvalue weighted by Crippen LogP contribution is -2.40. The van der Waals surface area contributed by atoms with Crippen LogP contribution in [0.25, 0.3) is 0 Å². The van der Waals surface area contributed by atoms with Gasteiger partial charge in [0.25, 0.3) is 11.6 Å². The minimum atomic E-state index is -1.04. The average molecular weight is 333 g/mol. The predicted molar refractivity (Wildman–Crippen MR) is 86.2 cm³/mol. The van der Waals surface area contributed by atoms with Crippen LogP contribution >= 0.6 is 0 Å². The Kier molecular flexibility index (Phi) is 4.37. The third kappa shape index (κ3) is 2.91. The van der Waals surface area contributed by atoms with Gasteiger partial charge in [-0.1, -0.05) is 0 Å². The van der Waals surface area contributed by atoms with E-state index < -0.39 is 22.8 Å². The molecule has 2 aliphatic heterocycles. The van der Waals surface area contributed by atoms with E-state index in [0.717, 1.165) is 25.9 Å². The number of benzene rings is 1. The quantitative estimate of drug-likeness (QED) is 0.666. The first-order valence-corrected chi connectivity index (χ1v) is 8.06. The van der Waals surface area contributed by atoms with Crippen molar-refractivity contribution >= 4 is 23.3 Å². The fourth-order valence-electron chi connectivity index (χ4n) is 3.46. The van der Waals surface area contributed by atoms with Crippen molar-refractivity contribution in [3.8, 4) is 0 Å². The standard InChI is InChI=1S/C16H19N3O5/c20-15(18-9-3-4-13(18)16(21)22)11-5-6-12(14(10-11)19(23)24)17-7-1-2-8-17/h5-6,10,13H,1-4,7-9H2,(H,21,22)/t13-/m0/s1. The van der Waals surface area contributed by atoms with Crippen molar-refractivity contribution in [3.63, 3.8) is 0 Å². The molecule has 2 aliphatic rings. The van der Waals surface area contributed by atoms with Crippen LogP contribution in [0.1, 0.15) is 36.0 Å². The molecular formula is C16H19N3O5. The number of carboxylic acids is 1. The molecule has 8 heteroatoms. The third-order valence-corrected chi connectivity index (χ3v) is 4.66. The van der Waals surface area contributed by atoms with Crippen LogP contribution in [0, 0.1) is 10.1 Å². The van der Waals surface area contributed by atoms with Crippen molar-refractivity contribution in [3.05, 3.63) is 33.9 Å². The summed E-state index contributed by atoms with van der Waals surface area (Å²) in [4.78, 5) is 38.0. The maximum Gasteiger partial charge on any atom is 0.326 e. The van der Waals surface area contributed by atoms with Crippen molar-refractivity contribution in [2.75, 3.05) is 24.5 Å². The van der Waals surface area contributed by atoms with Gasteiger partial charge in [0, 0.05) is 31.3 Å². The first kappa shape index (κ1) is 16.2. The summed E-state index contributed by atoms with van der Waals surface area (Å²) in [7, 11) is 0. The predicted octanol–water partition coefficient (Wildman–Crippen LogP) is 1.88. The topological polar surface area (TPSA) is 104 Å². The molecule has 2 saturated heterocycles. The number of hydrogen-bond donors (Lipinski definition) is 1. The van der Waals surface area contributed by atoms with E-state index in [-0.39, 0.29) is 11.3 Å². The summed E-state index contributed by atoms with van der Waals surface area (Å²) in [5.74, 6) is -1.50. The van der Waals surface area contributed by atoms with Crippen molar-refractivity contribution in [1.82, 2.24) is 4.90 Å². The molecule has 0 aliphatic carbocycles. The molecule has 1 aromatic carbocycles. The molecule has 3 rings (SSSR count). The van der Waals surface area contributed by atoms with Gasteiger partial charge >= 0.3 is 5.97 Å². The van der Waals surface area contributed by atoms with Crippen LogP contribution in [0.5, 0.6) is 0 Å². The Labute approximate surface area is 138 Å². The maximum atomic E-state index is 12.6. The van der Waals surface area contributed by atoms with Gasteiger partial charge in [0.1, 0.15) is 11.7 Å². The third-order valence-electron chi connectivity index (χ3n) is 4.66. The number of aliphatic carboxylic acids is 1. The molecule has 2 heterocycles. The Hall–Kier alpha value is -2.64. The van der Waals surface area contributed by atoms with E-state index in [1.54, 1.807) is 12.1 Å². The fraction of sp³-hybridized carbons (Fsp3) is 0.500. The molecule has 2 fully saturated rings. The number of amides is 1. The second-order valence-electron chi connectivity index (χ2n) is 6.15. The van der Waals surface area contributed by atoms with Gasteiger partial charge in [-0.2, -0.15) is 0 Å². The zero-order valence-corrected chi connectivity index (χ0v) is 13.2. The highest BCUT2D eigenvalue weighted by Gasteiger charge is 2.35. The van der Waals surface area contributed by atoms with E-state index in [0.29, 0.717) is 25.1 Å². The van der Waals surface area contributed by atoms with Crippen molar-refractivity contribution in [2.24, 2.45) is 0 Å². The van der Waals surface area contributed by atoms with Crippen molar-refractivity contribution in [1.29, 1.82) is 0 Å². The smallest absolute Gasteiger partial charge is 0.326 e. The molecule has 0 spiro atoms. The zero-order chi connectivity index (χ0) is 17.3. The highest BCUT2D eigenvalue weighted by Crippen LogP contribution is 2.32. The van der Waals surface area contributed by atoms with Gasteiger partial charge in [0.15, 0.2) is 0 Å². The van der Waals surface area contributed by atoms with E-state index in [1.165, 1.54) is 11.0 Å². The molecular weight excluding hydrogens is 314 g/mol. The van der Waals surface area contributed by atoms with Crippen molar-refractivity contribution < 1.29 is 19.6 Å². The lowest BCUT2D eigenvalue weighted by Gasteiger charge is -2.22. The molecule has 1 aromatic rings. The van der Waals surface area contributed by atoms with Crippen molar-refractivity contribution in [2.45, 2.75) is 31.7 Å². The number of carbonyl (C=O) groups excluding carboxylic acids is 1. The molecule has 128 valence electrons. The number of carboxylic acid groups (broad SMARTS) is 1. The molecule has 0 aromatic heterocycles. The molecule has 24 heavy (non-hydrogen) atoms. The number of likely N-dealkylation sites (tertiary alicyclic amines) is 1. The summed E-state index contributed by atoms with van der Waals surface area (Å²) in [5.41, 5.74) is 0.580. The number of nitrogens with zero attached hydrogens (tertiary/aromatic N) is 3. The van der Waals surface area contributed by atoms with Gasteiger partial charge in [-0.3, -0.25) is 14.9 Å². The lowest BCUT2D eigenvalue weighted by molar-refractivity contribution is -0.384. The maximum absolute atomic E-state index is 12.6. The van der Waals surface area contributed by atoms with Crippen LogP contribution in [-0.4, -0.2) is 52.5 Å². The monoisotopic (exact) mass is 333 g/mol. The van der Waals surface area contributed by atoms with Crippen LogP contribution < -0.4 is 4.90 Å². The first-order chi connectivity index (χ1) is 11.5. The number of carbonyl (C=O) groups is 2. The molecule has 0 radical (unpaired) electrons. The molecule has 0 unspecified atom stereocenters. The Morgan fingerprint density at radius 3 is 2.50 bits per heavy atom. The summed E-state index contributed by atoms with van der Waals surface area (Å²) in [5, 5.41) is 20.6. The average Bonchev–Trinajstić information content (AvgIpc) is 3.24. The lowest BCUT2D eigenvalue weighted by atomic mass is 10.1. The molecule has 1 atom stereocenters. The Morgan fingerprint density at radius 1 is 1.17 bits per heavy atom. The van der Waals surface area contributed by atoms with Gasteiger partial charge in [0.05, 0.1) is 4.92 Å². The summed E-state index contributed by atoms with van der Waals surface area (Å²) < 4.78 is 0. The Morgan fingerprint density at radius 2 is 1.88 bits per heavy atom. The fourth-order valence-corrected chi connectivity index (χ4v) is 3.46. The Bertz CT molecular complexity index is 684. The van der Waals surface area contributed by atoms with E-state index >= 15 is 0 Å². The minimum Gasteiger partial charge on any atom is -0.480 e. The molecule has 1 N–H and O–H groups in total. The van der Waals surface area contributed by atoms with E-state index in [4.69, 9.17) is 0 Å². The molecule has 0 bridgehead atoms. The van der Waals surface area contributed by atoms with Gasteiger partial charge < -0.3 is 14.9 Å². The van der Waals surface area contributed by atoms with Crippen LogP contribution in [0.3, 0.4) is 0 Å². The van der Waals surface area contributed by atoms with Gasteiger partial charge in [-0.05, 0) is 37.8 Å². The summed E-state index contributed by atoms with van der Waals surface area (Å²) >= 11 is 0. The number of rotatable bonds is 4.